The van der Waals surface area contributed by atoms with Crippen LogP contribution in [-0.4, -0.2) is 38.8 Å². The molecule has 24 heavy (non-hydrogen) atoms. The molecule has 2 atom stereocenters. The molecule has 0 unspecified atom stereocenters. The summed E-state index contributed by atoms with van der Waals surface area (Å²) in [6.07, 6.45) is 6.68. The molecule has 4 rings (SSSR count). The molecule has 2 aromatic heterocycles. The zero-order valence-corrected chi connectivity index (χ0v) is 14.2. The first-order valence-electron chi connectivity index (χ1n) is 8.58. The zero-order valence-electron chi connectivity index (χ0n) is 14.2. The van der Waals surface area contributed by atoms with Crippen molar-refractivity contribution in [2.24, 2.45) is 7.05 Å². The van der Waals surface area contributed by atoms with Crippen LogP contribution in [0.1, 0.15) is 48.0 Å². The van der Waals surface area contributed by atoms with Crippen LogP contribution >= 0.6 is 0 Å². The van der Waals surface area contributed by atoms with Gasteiger partial charge in [-0.2, -0.15) is 5.10 Å². The van der Waals surface area contributed by atoms with E-state index in [9.17, 15) is 4.79 Å². The molecule has 3 heterocycles. The quantitative estimate of drug-likeness (QED) is 0.916. The Balaban J connectivity index is 1.52. The lowest BCUT2D eigenvalue weighted by molar-refractivity contribution is -0.127. The van der Waals surface area contributed by atoms with Gasteiger partial charge in [-0.3, -0.25) is 9.48 Å². The number of hydrogen-bond acceptors (Lipinski definition) is 5. The van der Waals surface area contributed by atoms with Crippen molar-refractivity contribution in [1.29, 1.82) is 0 Å². The van der Waals surface area contributed by atoms with Gasteiger partial charge >= 0.3 is 0 Å². The molecule has 1 aliphatic carbocycles. The predicted octanol–water partition coefficient (Wildman–Crippen LogP) is 1.35. The zero-order chi connectivity index (χ0) is 16.7. The minimum atomic E-state index is -0.00673. The summed E-state index contributed by atoms with van der Waals surface area (Å²) in [5.74, 6) is 1.20. The summed E-state index contributed by atoms with van der Waals surface area (Å²) in [5.41, 5.74) is 3.31. The minimum absolute atomic E-state index is 0.00673. The molecule has 1 aliphatic heterocycles. The number of carbonyl (C=O) groups is 1. The van der Waals surface area contributed by atoms with Crippen molar-refractivity contribution < 1.29 is 9.32 Å². The van der Waals surface area contributed by atoms with Gasteiger partial charge in [0, 0.05) is 51.3 Å². The third-order valence-corrected chi connectivity index (χ3v) is 5.31. The summed E-state index contributed by atoms with van der Waals surface area (Å²) in [5, 5.41) is 12.0. The summed E-state index contributed by atoms with van der Waals surface area (Å²) in [6.45, 7) is 0.638. The number of likely N-dealkylation sites (tertiary alicyclic amines) is 1. The number of fused-ring (bicyclic) bond motifs is 1. The maximum atomic E-state index is 12.2. The molecule has 2 aromatic rings. The van der Waals surface area contributed by atoms with Crippen LogP contribution in [0.2, 0.25) is 0 Å². The second kappa shape index (κ2) is 6.05. The van der Waals surface area contributed by atoms with Gasteiger partial charge in [-0.25, -0.2) is 0 Å². The summed E-state index contributed by atoms with van der Waals surface area (Å²) in [7, 11) is 3.77. The standard InChI is InChI=1S/C17H23N5O2/c1-21-16(23)9-12(17(21)14-7-8-19-22(14)2)18-10-13-11-5-3-4-6-15(11)24-20-13/h7-8,12,17-18H,3-6,9-10H2,1-2H3/t12-,17-/m1/s1. The molecule has 0 spiro atoms. The number of aromatic nitrogens is 3. The molecule has 7 nitrogen and oxygen atoms in total. The summed E-state index contributed by atoms with van der Waals surface area (Å²) in [4.78, 5) is 14.0. The lowest BCUT2D eigenvalue weighted by Gasteiger charge is -2.25. The van der Waals surface area contributed by atoms with Crippen molar-refractivity contribution in [3.63, 3.8) is 0 Å². The van der Waals surface area contributed by atoms with Crippen LogP contribution in [0.15, 0.2) is 16.8 Å². The fourth-order valence-electron chi connectivity index (χ4n) is 3.95. The number of rotatable bonds is 4. The van der Waals surface area contributed by atoms with Gasteiger partial charge in [0.25, 0.3) is 0 Å². The van der Waals surface area contributed by atoms with Gasteiger partial charge in [-0.15, -0.1) is 0 Å². The topological polar surface area (TPSA) is 76.2 Å². The Morgan fingerprint density at radius 2 is 2.17 bits per heavy atom. The molecular weight excluding hydrogens is 306 g/mol. The Morgan fingerprint density at radius 1 is 1.33 bits per heavy atom. The molecular formula is C17H23N5O2. The normalized spacial score (nSPS) is 23.8. The molecule has 7 heteroatoms. The van der Waals surface area contributed by atoms with Gasteiger partial charge in [0.1, 0.15) is 11.5 Å². The van der Waals surface area contributed by atoms with E-state index in [4.69, 9.17) is 4.52 Å². The summed E-state index contributed by atoms with van der Waals surface area (Å²) in [6, 6.07) is 2.02. The molecule has 2 aliphatic rings. The fraction of sp³-hybridized carbons (Fsp3) is 0.588. The summed E-state index contributed by atoms with van der Waals surface area (Å²) < 4.78 is 7.32. The number of hydrogen-bond donors (Lipinski definition) is 1. The lowest BCUT2D eigenvalue weighted by Crippen LogP contribution is -2.36. The Kier molecular flexibility index (Phi) is 3.88. The minimum Gasteiger partial charge on any atom is -0.361 e. The van der Waals surface area contributed by atoms with Gasteiger partial charge in [0.2, 0.25) is 5.91 Å². The van der Waals surface area contributed by atoms with Crippen LogP contribution in [0.4, 0.5) is 0 Å². The molecule has 1 N–H and O–H groups in total. The van der Waals surface area contributed by atoms with E-state index in [1.165, 1.54) is 18.4 Å². The molecule has 0 bridgehead atoms. The number of nitrogens with zero attached hydrogens (tertiary/aromatic N) is 4. The number of aryl methyl sites for hydroxylation is 2. The van der Waals surface area contributed by atoms with Crippen molar-refractivity contribution >= 4 is 5.91 Å². The van der Waals surface area contributed by atoms with E-state index in [0.29, 0.717) is 13.0 Å². The maximum Gasteiger partial charge on any atom is 0.224 e. The SMILES string of the molecule is CN1C(=O)C[C@@H](NCc2noc3c2CCCC3)[C@@H]1c1ccnn1C. The number of amides is 1. The summed E-state index contributed by atoms with van der Waals surface area (Å²) >= 11 is 0. The van der Waals surface area contributed by atoms with E-state index in [-0.39, 0.29) is 18.0 Å². The van der Waals surface area contributed by atoms with Crippen LogP contribution in [0.25, 0.3) is 0 Å². The van der Waals surface area contributed by atoms with Crippen LogP contribution in [-0.2, 0) is 31.2 Å². The number of nitrogens with one attached hydrogen (secondary N) is 1. The van der Waals surface area contributed by atoms with E-state index in [2.05, 4.69) is 15.6 Å². The Bertz CT molecular complexity index is 750. The Hall–Kier alpha value is -2.15. The highest BCUT2D eigenvalue weighted by molar-refractivity contribution is 5.80. The average molecular weight is 329 g/mol. The monoisotopic (exact) mass is 329 g/mol. The van der Waals surface area contributed by atoms with Crippen molar-refractivity contribution in [3.05, 3.63) is 35.0 Å². The molecule has 1 fully saturated rings. The van der Waals surface area contributed by atoms with E-state index < -0.39 is 0 Å². The second-order valence-corrected chi connectivity index (χ2v) is 6.76. The predicted molar refractivity (Wildman–Crippen MR) is 87.1 cm³/mol. The van der Waals surface area contributed by atoms with E-state index >= 15 is 0 Å². The Morgan fingerprint density at radius 3 is 2.96 bits per heavy atom. The molecule has 0 radical (unpaired) electrons. The third-order valence-electron chi connectivity index (χ3n) is 5.31. The maximum absolute atomic E-state index is 12.2. The fourth-order valence-corrected chi connectivity index (χ4v) is 3.95. The molecule has 0 aromatic carbocycles. The van der Waals surface area contributed by atoms with Crippen LogP contribution < -0.4 is 5.32 Å². The van der Waals surface area contributed by atoms with Crippen molar-refractivity contribution in [2.75, 3.05) is 7.05 Å². The molecule has 1 amide bonds. The second-order valence-electron chi connectivity index (χ2n) is 6.76. The first kappa shape index (κ1) is 15.4. The van der Waals surface area contributed by atoms with Gasteiger partial charge < -0.3 is 14.7 Å². The van der Waals surface area contributed by atoms with Crippen LogP contribution in [0, 0.1) is 0 Å². The van der Waals surface area contributed by atoms with Crippen LogP contribution in [0.5, 0.6) is 0 Å². The molecule has 1 saturated heterocycles. The van der Waals surface area contributed by atoms with Gasteiger partial charge in [-0.1, -0.05) is 5.16 Å². The first-order valence-corrected chi connectivity index (χ1v) is 8.58. The third kappa shape index (κ3) is 2.53. The van der Waals surface area contributed by atoms with E-state index in [1.807, 2.05) is 29.7 Å². The van der Waals surface area contributed by atoms with E-state index in [0.717, 1.165) is 30.0 Å². The van der Waals surface area contributed by atoms with Gasteiger partial charge in [-0.05, 0) is 25.3 Å². The number of likely N-dealkylation sites (N-methyl/N-ethyl adjacent to an activating group) is 1. The Labute approximate surface area is 141 Å². The highest BCUT2D eigenvalue weighted by Gasteiger charge is 2.39. The smallest absolute Gasteiger partial charge is 0.224 e. The highest BCUT2D eigenvalue weighted by atomic mass is 16.5. The van der Waals surface area contributed by atoms with Crippen molar-refractivity contribution in [1.82, 2.24) is 25.2 Å². The van der Waals surface area contributed by atoms with E-state index in [1.54, 1.807) is 6.20 Å². The van der Waals surface area contributed by atoms with Gasteiger partial charge in [0.15, 0.2) is 0 Å². The van der Waals surface area contributed by atoms with Gasteiger partial charge in [0.05, 0.1) is 11.7 Å². The lowest BCUT2D eigenvalue weighted by atomic mass is 9.96. The largest absolute Gasteiger partial charge is 0.361 e. The first-order chi connectivity index (χ1) is 11.6. The highest BCUT2D eigenvalue weighted by Crippen LogP contribution is 2.32. The average Bonchev–Trinajstić information content (AvgIpc) is 3.25. The number of carbonyl (C=O) groups excluding carboxylic acids is 1. The molecule has 0 saturated carbocycles. The van der Waals surface area contributed by atoms with Crippen molar-refractivity contribution in [2.45, 2.75) is 50.7 Å². The van der Waals surface area contributed by atoms with Crippen molar-refractivity contribution in [3.8, 4) is 0 Å². The van der Waals surface area contributed by atoms with Crippen LogP contribution in [0.3, 0.4) is 0 Å². The molecule has 128 valence electrons.